The number of methoxy groups -OCH3 is 1. The second kappa shape index (κ2) is 7.94. The van der Waals surface area contributed by atoms with Gasteiger partial charge in [-0.1, -0.05) is 0 Å². The van der Waals surface area contributed by atoms with Gasteiger partial charge in [0.2, 0.25) is 0 Å². The summed E-state index contributed by atoms with van der Waals surface area (Å²) in [6.07, 6.45) is 5.39. The van der Waals surface area contributed by atoms with Crippen LogP contribution in [0.4, 0.5) is 0 Å². The summed E-state index contributed by atoms with van der Waals surface area (Å²) in [6.45, 7) is 8.44. The van der Waals surface area contributed by atoms with Gasteiger partial charge in [0.25, 0.3) is 0 Å². The van der Waals surface area contributed by atoms with Crippen LogP contribution in [-0.4, -0.2) is 66.2 Å². The third-order valence-corrected chi connectivity index (χ3v) is 5.87. The van der Waals surface area contributed by atoms with Gasteiger partial charge in [0.05, 0.1) is 18.6 Å². The molecule has 0 bridgehead atoms. The molecule has 2 aromatic heterocycles. The lowest BCUT2D eigenvalue weighted by atomic mass is 9.93. The monoisotopic (exact) mass is 358 g/mol. The van der Waals surface area contributed by atoms with Crippen molar-refractivity contribution in [2.45, 2.75) is 32.2 Å². The molecule has 1 fully saturated rings. The Kier molecular flexibility index (Phi) is 5.43. The van der Waals surface area contributed by atoms with E-state index in [4.69, 9.17) is 9.15 Å². The topological polar surface area (TPSA) is 57.5 Å². The summed E-state index contributed by atoms with van der Waals surface area (Å²) in [5.74, 6) is 2.73. The Balaban J connectivity index is 1.44. The molecule has 26 heavy (non-hydrogen) atoms. The SMILES string of the molecule is COCCN1CCC(CN2CCc3[nH]cnc3[C@@H]2c2ccc(C)o2)CC1. The van der Waals surface area contributed by atoms with E-state index in [1.807, 2.05) is 13.3 Å². The zero-order chi connectivity index (χ0) is 17.9. The van der Waals surface area contributed by atoms with Crippen LogP contribution in [0, 0.1) is 12.8 Å². The van der Waals surface area contributed by atoms with Gasteiger partial charge in [-0.15, -0.1) is 0 Å². The maximum Gasteiger partial charge on any atom is 0.127 e. The van der Waals surface area contributed by atoms with Gasteiger partial charge in [0, 0.05) is 38.9 Å². The van der Waals surface area contributed by atoms with Gasteiger partial charge in [-0.05, 0) is 50.9 Å². The van der Waals surface area contributed by atoms with E-state index in [2.05, 4.69) is 31.9 Å². The lowest BCUT2D eigenvalue weighted by Crippen LogP contribution is -2.43. The Labute approximate surface area is 155 Å². The van der Waals surface area contributed by atoms with Crippen molar-refractivity contribution in [1.29, 1.82) is 0 Å². The normalized spacial score (nSPS) is 22.6. The molecule has 4 heterocycles. The van der Waals surface area contributed by atoms with E-state index in [9.17, 15) is 0 Å². The van der Waals surface area contributed by atoms with Crippen LogP contribution in [0.15, 0.2) is 22.9 Å². The van der Waals surface area contributed by atoms with Crippen LogP contribution in [0.5, 0.6) is 0 Å². The van der Waals surface area contributed by atoms with Gasteiger partial charge in [0.15, 0.2) is 0 Å². The number of piperidine rings is 1. The minimum Gasteiger partial charge on any atom is -0.464 e. The summed E-state index contributed by atoms with van der Waals surface area (Å²) in [6, 6.07) is 4.32. The summed E-state index contributed by atoms with van der Waals surface area (Å²) in [5, 5.41) is 0. The highest BCUT2D eigenvalue weighted by Gasteiger charge is 2.34. The minimum atomic E-state index is 0.144. The molecular formula is C20H30N4O2. The Bertz CT molecular complexity index is 702. The smallest absolute Gasteiger partial charge is 0.127 e. The zero-order valence-electron chi connectivity index (χ0n) is 15.9. The first-order valence-electron chi connectivity index (χ1n) is 9.78. The second-order valence-electron chi connectivity index (χ2n) is 7.64. The summed E-state index contributed by atoms with van der Waals surface area (Å²) in [4.78, 5) is 13.1. The fourth-order valence-corrected chi connectivity index (χ4v) is 4.38. The molecule has 2 aliphatic heterocycles. The number of rotatable bonds is 6. The number of aromatic amines is 1. The molecule has 2 aromatic rings. The molecule has 1 N–H and O–H groups in total. The van der Waals surface area contributed by atoms with Gasteiger partial charge < -0.3 is 19.0 Å². The third-order valence-electron chi connectivity index (χ3n) is 5.87. The van der Waals surface area contributed by atoms with Gasteiger partial charge >= 0.3 is 0 Å². The molecule has 1 saturated heterocycles. The number of aromatic nitrogens is 2. The van der Waals surface area contributed by atoms with Crippen LogP contribution in [0.25, 0.3) is 0 Å². The summed E-state index contributed by atoms with van der Waals surface area (Å²) >= 11 is 0. The van der Waals surface area contributed by atoms with Crippen molar-refractivity contribution >= 4 is 0 Å². The lowest BCUT2D eigenvalue weighted by Gasteiger charge is -2.39. The van der Waals surface area contributed by atoms with Gasteiger partial charge in [-0.2, -0.15) is 0 Å². The van der Waals surface area contributed by atoms with E-state index >= 15 is 0 Å². The van der Waals surface area contributed by atoms with Crippen molar-refractivity contribution in [2.75, 3.05) is 46.4 Å². The Morgan fingerprint density at radius 1 is 1.27 bits per heavy atom. The molecule has 1 atom stereocenters. The molecule has 0 aromatic carbocycles. The lowest BCUT2D eigenvalue weighted by molar-refractivity contribution is 0.0937. The first-order chi connectivity index (χ1) is 12.7. The second-order valence-corrected chi connectivity index (χ2v) is 7.64. The number of H-pyrrole nitrogens is 1. The van der Waals surface area contributed by atoms with E-state index in [0.29, 0.717) is 0 Å². The van der Waals surface area contributed by atoms with Crippen molar-refractivity contribution in [1.82, 2.24) is 19.8 Å². The molecule has 2 aliphatic rings. The standard InChI is InChI=1S/C20H30N4O2/c1-15-3-4-18(26-15)20-19-17(21-14-22-19)7-10-24(20)13-16-5-8-23(9-6-16)11-12-25-2/h3-4,14,16,20H,5-13H2,1-2H3,(H,21,22)/t20-/m0/s1. The molecule has 0 aliphatic carbocycles. The summed E-state index contributed by atoms with van der Waals surface area (Å²) < 4.78 is 11.2. The van der Waals surface area contributed by atoms with E-state index in [1.54, 1.807) is 7.11 Å². The van der Waals surface area contributed by atoms with E-state index in [0.717, 1.165) is 55.8 Å². The number of nitrogens with zero attached hydrogens (tertiary/aromatic N) is 3. The molecule has 0 saturated carbocycles. The number of ether oxygens (including phenoxy) is 1. The minimum absolute atomic E-state index is 0.144. The number of hydrogen-bond acceptors (Lipinski definition) is 5. The Morgan fingerprint density at radius 2 is 2.12 bits per heavy atom. The van der Waals surface area contributed by atoms with E-state index in [1.165, 1.54) is 31.6 Å². The molecular weight excluding hydrogens is 328 g/mol. The molecule has 142 valence electrons. The summed E-state index contributed by atoms with van der Waals surface area (Å²) in [5.41, 5.74) is 2.40. The predicted octanol–water partition coefficient (Wildman–Crippen LogP) is 2.62. The van der Waals surface area contributed by atoms with Crippen molar-refractivity contribution < 1.29 is 9.15 Å². The van der Waals surface area contributed by atoms with Crippen LogP contribution in [0.1, 0.15) is 41.8 Å². The van der Waals surface area contributed by atoms with Crippen molar-refractivity contribution in [3.63, 3.8) is 0 Å². The number of nitrogens with one attached hydrogen (secondary N) is 1. The predicted molar refractivity (Wildman–Crippen MR) is 100 cm³/mol. The molecule has 0 radical (unpaired) electrons. The highest BCUT2D eigenvalue weighted by molar-refractivity contribution is 5.28. The summed E-state index contributed by atoms with van der Waals surface area (Å²) in [7, 11) is 1.78. The van der Waals surface area contributed by atoms with Crippen molar-refractivity contribution in [3.8, 4) is 0 Å². The van der Waals surface area contributed by atoms with Crippen LogP contribution in [-0.2, 0) is 11.2 Å². The fraction of sp³-hybridized carbons (Fsp3) is 0.650. The maximum absolute atomic E-state index is 6.01. The molecule has 0 amide bonds. The molecule has 0 spiro atoms. The number of likely N-dealkylation sites (tertiary alicyclic amines) is 1. The van der Waals surface area contributed by atoms with Gasteiger partial charge in [-0.25, -0.2) is 4.98 Å². The van der Waals surface area contributed by atoms with E-state index in [-0.39, 0.29) is 6.04 Å². The van der Waals surface area contributed by atoms with Crippen LogP contribution < -0.4 is 0 Å². The number of fused-ring (bicyclic) bond motifs is 1. The molecule has 4 rings (SSSR count). The van der Waals surface area contributed by atoms with Gasteiger partial charge in [0.1, 0.15) is 17.6 Å². The highest BCUT2D eigenvalue weighted by Crippen LogP contribution is 2.35. The van der Waals surface area contributed by atoms with Crippen LogP contribution in [0.2, 0.25) is 0 Å². The molecule has 6 heteroatoms. The fourth-order valence-electron chi connectivity index (χ4n) is 4.38. The first kappa shape index (κ1) is 17.8. The Morgan fingerprint density at radius 3 is 2.85 bits per heavy atom. The third kappa shape index (κ3) is 3.72. The number of aryl methyl sites for hydroxylation is 1. The van der Waals surface area contributed by atoms with Crippen molar-refractivity contribution in [3.05, 3.63) is 41.4 Å². The quantitative estimate of drug-likeness (QED) is 0.860. The first-order valence-corrected chi connectivity index (χ1v) is 9.78. The molecule has 6 nitrogen and oxygen atoms in total. The average molecular weight is 358 g/mol. The maximum atomic E-state index is 6.01. The van der Waals surface area contributed by atoms with Crippen LogP contribution >= 0.6 is 0 Å². The van der Waals surface area contributed by atoms with E-state index < -0.39 is 0 Å². The largest absolute Gasteiger partial charge is 0.464 e. The molecule has 0 unspecified atom stereocenters. The number of imidazole rings is 1. The average Bonchev–Trinajstić information content (AvgIpc) is 3.30. The zero-order valence-corrected chi connectivity index (χ0v) is 15.9. The van der Waals surface area contributed by atoms with Crippen molar-refractivity contribution in [2.24, 2.45) is 5.92 Å². The number of hydrogen-bond donors (Lipinski definition) is 1. The number of furan rings is 1. The highest BCUT2D eigenvalue weighted by atomic mass is 16.5. The van der Waals surface area contributed by atoms with Crippen LogP contribution in [0.3, 0.4) is 0 Å². The Hall–Kier alpha value is -1.63. The van der Waals surface area contributed by atoms with Gasteiger partial charge in [-0.3, -0.25) is 4.90 Å².